The minimum absolute atomic E-state index is 0.0802. The molecule has 7 nitrogen and oxygen atoms in total. The molecule has 1 amide bonds. The number of aromatic carboxylic acids is 1. The van der Waals surface area contributed by atoms with Crippen LogP contribution in [-0.2, 0) is 4.79 Å². The number of nitrogens with one attached hydrogen (secondary N) is 2. The van der Waals surface area contributed by atoms with Gasteiger partial charge in [-0.25, -0.2) is 4.79 Å². The maximum Gasteiger partial charge on any atom is 0.356 e. The molecular formula is C12H16N4O3. The Morgan fingerprint density at radius 1 is 1.32 bits per heavy atom. The number of carbonyl (C=O) groups is 2. The second kappa shape index (κ2) is 6.12. The van der Waals surface area contributed by atoms with Crippen LogP contribution in [-0.4, -0.2) is 39.8 Å². The van der Waals surface area contributed by atoms with Crippen molar-refractivity contribution in [2.45, 2.75) is 31.7 Å². The lowest BCUT2D eigenvalue weighted by Gasteiger charge is -2.05. The quantitative estimate of drug-likeness (QED) is 0.624. The van der Waals surface area contributed by atoms with Crippen molar-refractivity contribution in [1.29, 1.82) is 0 Å². The van der Waals surface area contributed by atoms with Gasteiger partial charge in [0.2, 0.25) is 5.91 Å². The van der Waals surface area contributed by atoms with Crippen LogP contribution in [0.3, 0.4) is 0 Å². The highest BCUT2D eigenvalue weighted by Gasteiger charge is 2.22. The fraction of sp³-hybridized carbons (Fsp3) is 0.500. The molecule has 1 saturated carbocycles. The van der Waals surface area contributed by atoms with E-state index in [4.69, 9.17) is 5.11 Å². The molecule has 0 spiro atoms. The molecule has 102 valence electrons. The molecule has 7 heteroatoms. The molecule has 0 atom stereocenters. The highest BCUT2D eigenvalue weighted by atomic mass is 16.4. The first kappa shape index (κ1) is 13.3. The Kier molecular flexibility index (Phi) is 4.27. The standard InChI is InChI=1S/C12H16N4O3/c17-11(14-8-3-4-8)2-1-7-13-10-6-5-9(12(18)19)15-16-10/h5-6,8H,1-4,7H2,(H,13,16)(H,14,17)(H,18,19). The molecule has 1 heterocycles. The molecule has 3 N–H and O–H groups in total. The Bertz CT molecular complexity index is 457. The van der Waals surface area contributed by atoms with Crippen molar-refractivity contribution in [3.05, 3.63) is 17.8 Å². The van der Waals surface area contributed by atoms with Crippen molar-refractivity contribution in [2.75, 3.05) is 11.9 Å². The molecule has 1 aromatic rings. The van der Waals surface area contributed by atoms with E-state index < -0.39 is 5.97 Å². The van der Waals surface area contributed by atoms with E-state index in [2.05, 4.69) is 20.8 Å². The number of nitrogens with zero attached hydrogens (tertiary/aromatic N) is 2. The Labute approximate surface area is 110 Å². The van der Waals surface area contributed by atoms with Crippen molar-refractivity contribution in [3.8, 4) is 0 Å². The average molecular weight is 264 g/mol. The summed E-state index contributed by atoms with van der Waals surface area (Å²) in [5.41, 5.74) is -0.0886. The monoisotopic (exact) mass is 264 g/mol. The summed E-state index contributed by atoms with van der Waals surface area (Å²) in [7, 11) is 0. The van der Waals surface area contributed by atoms with Gasteiger partial charge < -0.3 is 15.7 Å². The fourth-order valence-corrected chi connectivity index (χ4v) is 1.53. The van der Waals surface area contributed by atoms with Crippen LogP contribution in [0.5, 0.6) is 0 Å². The molecule has 0 aromatic carbocycles. The van der Waals surface area contributed by atoms with Crippen LogP contribution in [0.2, 0.25) is 0 Å². The third kappa shape index (κ3) is 4.53. The lowest BCUT2D eigenvalue weighted by atomic mass is 10.3. The SMILES string of the molecule is O=C(CCCNc1ccc(C(=O)O)nn1)NC1CC1. The van der Waals surface area contributed by atoms with Crippen molar-refractivity contribution >= 4 is 17.7 Å². The number of carboxylic acid groups (broad SMARTS) is 1. The number of carbonyl (C=O) groups excluding carboxylic acids is 1. The van der Waals surface area contributed by atoms with Crippen molar-refractivity contribution in [2.24, 2.45) is 0 Å². The maximum atomic E-state index is 11.4. The predicted molar refractivity (Wildman–Crippen MR) is 67.9 cm³/mol. The van der Waals surface area contributed by atoms with E-state index in [1.54, 1.807) is 6.07 Å². The molecular weight excluding hydrogens is 248 g/mol. The number of amides is 1. The first-order chi connectivity index (χ1) is 9.15. The third-order valence-electron chi connectivity index (χ3n) is 2.71. The van der Waals surface area contributed by atoms with Crippen LogP contribution in [0.25, 0.3) is 0 Å². The summed E-state index contributed by atoms with van der Waals surface area (Å²) in [6.45, 7) is 0.596. The van der Waals surface area contributed by atoms with Gasteiger partial charge in [0.05, 0.1) is 0 Å². The van der Waals surface area contributed by atoms with Gasteiger partial charge in [-0.2, -0.15) is 0 Å². The van der Waals surface area contributed by atoms with Crippen LogP contribution in [0.15, 0.2) is 12.1 Å². The Hall–Kier alpha value is -2.18. The maximum absolute atomic E-state index is 11.4. The number of anilines is 1. The summed E-state index contributed by atoms with van der Waals surface area (Å²) in [5, 5.41) is 21.8. The van der Waals surface area contributed by atoms with Gasteiger partial charge in [0.25, 0.3) is 0 Å². The van der Waals surface area contributed by atoms with E-state index in [1.165, 1.54) is 6.07 Å². The summed E-state index contributed by atoms with van der Waals surface area (Å²) < 4.78 is 0. The van der Waals surface area contributed by atoms with Crippen LogP contribution >= 0.6 is 0 Å². The van der Waals surface area contributed by atoms with Gasteiger partial charge in [-0.15, -0.1) is 10.2 Å². The van der Waals surface area contributed by atoms with Crippen LogP contribution in [0.4, 0.5) is 5.82 Å². The molecule has 2 rings (SSSR count). The topological polar surface area (TPSA) is 104 Å². The largest absolute Gasteiger partial charge is 0.476 e. The summed E-state index contributed by atoms with van der Waals surface area (Å²) in [6.07, 6.45) is 3.36. The summed E-state index contributed by atoms with van der Waals surface area (Å²) in [6, 6.07) is 3.34. The van der Waals surface area contributed by atoms with E-state index in [9.17, 15) is 9.59 Å². The fourth-order valence-electron chi connectivity index (χ4n) is 1.53. The Balaban J connectivity index is 1.64. The average Bonchev–Trinajstić information content (AvgIpc) is 3.19. The van der Waals surface area contributed by atoms with E-state index in [0.29, 0.717) is 31.2 Å². The molecule has 0 radical (unpaired) electrons. The van der Waals surface area contributed by atoms with Crippen LogP contribution < -0.4 is 10.6 Å². The van der Waals surface area contributed by atoms with Crippen molar-refractivity contribution < 1.29 is 14.7 Å². The molecule has 1 aromatic heterocycles. The van der Waals surface area contributed by atoms with Gasteiger partial charge in [-0.3, -0.25) is 4.79 Å². The predicted octanol–water partition coefficient (Wildman–Crippen LogP) is 0.645. The molecule has 1 fully saturated rings. The Morgan fingerprint density at radius 3 is 2.68 bits per heavy atom. The smallest absolute Gasteiger partial charge is 0.356 e. The number of hydrogen-bond donors (Lipinski definition) is 3. The highest BCUT2D eigenvalue weighted by molar-refractivity contribution is 5.85. The van der Waals surface area contributed by atoms with E-state index >= 15 is 0 Å². The first-order valence-electron chi connectivity index (χ1n) is 6.25. The van der Waals surface area contributed by atoms with Gasteiger partial charge >= 0.3 is 5.97 Å². The normalized spacial score (nSPS) is 13.9. The van der Waals surface area contributed by atoms with E-state index in [0.717, 1.165) is 12.8 Å². The van der Waals surface area contributed by atoms with Crippen molar-refractivity contribution in [3.63, 3.8) is 0 Å². The minimum atomic E-state index is -1.10. The van der Waals surface area contributed by atoms with Gasteiger partial charge in [-0.05, 0) is 31.4 Å². The van der Waals surface area contributed by atoms with Crippen molar-refractivity contribution in [1.82, 2.24) is 15.5 Å². The number of rotatable bonds is 7. The summed E-state index contributed by atoms with van der Waals surface area (Å²) >= 11 is 0. The zero-order valence-corrected chi connectivity index (χ0v) is 10.4. The van der Waals surface area contributed by atoms with Crippen LogP contribution in [0, 0.1) is 0 Å². The molecule has 1 aliphatic carbocycles. The molecule has 0 unspecified atom stereocenters. The first-order valence-corrected chi connectivity index (χ1v) is 6.25. The second-order valence-electron chi connectivity index (χ2n) is 4.48. The minimum Gasteiger partial charge on any atom is -0.476 e. The van der Waals surface area contributed by atoms with Gasteiger partial charge in [0, 0.05) is 19.0 Å². The second-order valence-corrected chi connectivity index (χ2v) is 4.48. The van der Waals surface area contributed by atoms with E-state index in [1.807, 2.05) is 0 Å². The molecule has 1 aliphatic rings. The summed E-state index contributed by atoms with van der Waals surface area (Å²) in [5.74, 6) is -0.514. The summed E-state index contributed by atoms with van der Waals surface area (Å²) in [4.78, 5) is 22.0. The zero-order valence-electron chi connectivity index (χ0n) is 10.4. The molecule has 0 bridgehead atoms. The van der Waals surface area contributed by atoms with Gasteiger partial charge in [0.1, 0.15) is 5.82 Å². The number of aromatic nitrogens is 2. The lowest BCUT2D eigenvalue weighted by Crippen LogP contribution is -2.25. The third-order valence-corrected chi connectivity index (χ3v) is 2.71. The van der Waals surface area contributed by atoms with Crippen LogP contribution in [0.1, 0.15) is 36.2 Å². The zero-order chi connectivity index (χ0) is 13.7. The Morgan fingerprint density at radius 2 is 2.11 bits per heavy atom. The molecule has 0 aliphatic heterocycles. The van der Waals surface area contributed by atoms with E-state index in [-0.39, 0.29) is 11.6 Å². The van der Waals surface area contributed by atoms with Gasteiger partial charge in [-0.1, -0.05) is 0 Å². The molecule has 0 saturated heterocycles. The number of hydrogen-bond acceptors (Lipinski definition) is 5. The molecule has 19 heavy (non-hydrogen) atoms. The highest BCUT2D eigenvalue weighted by Crippen LogP contribution is 2.18. The van der Waals surface area contributed by atoms with Gasteiger partial charge in [0.15, 0.2) is 5.69 Å². The lowest BCUT2D eigenvalue weighted by molar-refractivity contribution is -0.121. The number of carboxylic acids is 1.